The number of alkyl halides is 3. The van der Waals surface area contributed by atoms with Crippen molar-refractivity contribution in [3.63, 3.8) is 0 Å². The van der Waals surface area contributed by atoms with Crippen molar-refractivity contribution in [1.29, 1.82) is 5.26 Å². The second-order valence-electron chi connectivity index (χ2n) is 7.75. The minimum Gasteiger partial charge on any atom is -0.485 e. The molecule has 0 aliphatic carbocycles. The standard InChI is InChI=1S/C21H19F3N4O4S/c1-4-33(30,31)17-10-15(32-20(2,3)7-8-25)12-26-18(17)28-19(29)16-9-14(21(22,23)24)6-5-13(16)11-27-28/h5-6,9-12H,4,7H2,1-3H3. The highest BCUT2D eigenvalue weighted by Gasteiger charge is 2.31. The second-order valence-corrected chi connectivity index (χ2v) is 10.0. The zero-order valence-corrected chi connectivity index (χ0v) is 18.7. The van der Waals surface area contributed by atoms with E-state index in [1.165, 1.54) is 6.92 Å². The highest BCUT2D eigenvalue weighted by molar-refractivity contribution is 7.91. The molecule has 0 atom stereocenters. The Hall–Kier alpha value is -3.46. The number of rotatable bonds is 6. The van der Waals surface area contributed by atoms with Gasteiger partial charge in [-0.1, -0.05) is 13.0 Å². The van der Waals surface area contributed by atoms with E-state index < -0.39 is 32.7 Å². The molecule has 0 aliphatic heterocycles. The predicted molar refractivity (Wildman–Crippen MR) is 113 cm³/mol. The number of sulfone groups is 1. The molecule has 12 heteroatoms. The van der Waals surface area contributed by atoms with E-state index in [4.69, 9.17) is 10.00 Å². The quantitative estimate of drug-likeness (QED) is 0.529. The molecule has 2 heterocycles. The predicted octanol–water partition coefficient (Wildman–Crippen LogP) is 3.66. The van der Waals surface area contributed by atoms with Crippen molar-refractivity contribution < 1.29 is 26.3 Å². The summed E-state index contributed by atoms with van der Waals surface area (Å²) in [4.78, 5) is 16.7. The van der Waals surface area contributed by atoms with Gasteiger partial charge in [-0.15, -0.1) is 0 Å². The number of nitriles is 1. The molecule has 3 rings (SSSR count). The molecule has 0 amide bonds. The average molecular weight is 480 g/mol. The molecule has 0 spiro atoms. The summed E-state index contributed by atoms with van der Waals surface area (Å²) in [5.41, 5.74) is -2.93. The number of hydrogen-bond donors (Lipinski definition) is 0. The maximum atomic E-state index is 13.1. The van der Waals surface area contributed by atoms with Crippen LogP contribution in [-0.4, -0.2) is 34.5 Å². The summed E-state index contributed by atoms with van der Waals surface area (Å²) >= 11 is 0. The zero-order valence-electron chi connectivity index (χ0n) is 17.8. The third-order valence-corrected chi connectivity index (χ3v) is 6.47. The summed E-state index contributed by atoms with van der Waals surface area (Å²) in [7, 11) is -3.96. The van der Waals surface area contributed by atoms with Crippen LogP contribution < -0.4 is 10.3 Å². The Bertz CT molecular complexity index is 1420. The largest absolute Gasteiger partial charge is 0.485 e. The molecule has 0 radical (unpaired) electrons. The molecule has 0 saturated carbocycles. The summed E-state index contributed by atoms with van der Waals surface area (Å²) in [5.74, 6) is -0.668. The van der Waals surface area contributed by atoms with Crippen molar-refractivity contribution in [3.8, 4) is 17.6 Å². The minimum atomic E-state index is -4.67. The van der Waals surface area contributed by atoms with E-state index in [9.17, 15) is 26.4 Å². The van der Waals surface area contributed by atoms with Crippen LogP contribution in [0.2, 0.25) is 0 Å². The van der Waals surface area contributed by atoms with Gasteiger partial charge >= 0.3 is 6.18 Å². The van der Waals surface area contributed by atoms with Crippen LogP contribution in [0.25, 0.3) is 16.6 Å². The van der Waals surface area contributed by atoms with Crippen LogP contribution in [0.1, 0.15) is 32.8 Å². The van der Waals surface area contributed by atoms with Gasteiger partial charge in [0, 0.05) is 11.5 Å². The normalized spacial score (nSPS) is 12.5. The van der Waals surface area contributed by atoms with Crippen LogP contribution in [0.5, 0.6) is 5.75 Å². The number of ether oxygens (including phenoxy) is 1. The van der Waals surface area contributed by atoms with Gasteiger partial charge in [-0.3, -0.25) is 4.79 Å². The van der Waals surface area contributed by atoms with Crippen molar-refractivity contribution in [2.24, 2.45) is 0 Å². The van der Waals surface area contributed by atoms with Crippen molar-refractivity contribution in [3.05, 3.63) is 52.6 Å². The first kappa shape index (κ1) is 24.2. The van der Waals surface area contributed by atoms with E-state index in [-0.39, 0.29) is 39.4 Å². The average Bonchev–Trinajstić information content (AvgIpc) is 2.73. The van der Waals surface area contributed by atoms with Crippen molar-refractivity contribution in [2.75, 3.05) is 5.75 Å². The van der Waals surface area contributed by atoms with Gasteiger partial charge in [0.1, 0.15) is 16.2 Å². The molecule has 0 bridgehead atoms. The summed E-state index contributed by atoms with van der Waals surface area (Å²) in [6.07, 6.45) is -2.34. The van der Waals surface area contributed by atoms with Crippen LogP contribution >= 0.6 is 0 Å². The lowest BCUT2D eigenvalue weighted by atomic mass is 10.1. The van der Waals surface area contributed by atoms with Gasteiger partial charge in [0.15, 0.2) is 15.7 Å². The van der Waals surface area contributed by atoms with Crippen LogP contribution in [0.3, 0.4) is 0 Å². The van der Waals surface area contributed by atoms with Gasteiger partial charge in [0.05, 0.1) is 41.6 Å². The molecular formula is C21H19F3N4O4S. The molecule has 2 aromatic heterocycles. The van der Waals surface area contributed by atoms with Crippen molar-refractivity contribution in [1.82, 2.24) is 14.8 Å². The molecule has 8 nitrogen and oxygen atoms in total. The molecule has 0 unspecified atom stereocenters. The molecule has 3 aromatic rings. The fourth-order valence-electron chi connectivity index (χ4n) is 3.03. The fourth-order valence-corrected chi connectivity index (χ4v) is 4.06. The van der Waals surface area contributed by atoms with Gasteiger partial charge in [0.25, 0.3) is 5.56 Å². The number of benzene rings is 1. The second kappa shape index (κ2) is 8.47. The van der Waals surface area contributed by atoms with Gasteiger partial charge in [-0.05, 0) is 26.0 Å². The van der Waals surface area contributed by atoms with Crippen LogP contribution in [0, 0.1) is 11.3 Å². The van der Waals surface area contributed by atoms with E-state index in [1.807, 2.05) is 6.07 Å². The maximum Gasteiger partial charge on any atom is 0.416 e. The van der Waals surface area contributed by atoms with Gasteiger partial charge in [-0.25, -0.2) is 13.4 Å². The lowest BCUT2D eigenvalue weighted by Crippen LogP contribution is -2.28. The number of aromatic nitrogens is 3. The van der Waals surface area contributed by atoms with Gasteiger partial charge in [-0.2, -0.15) is 28.2 Å². The fraction of sp³-hybridized carbons (Fsp3) is 0.333. The van der Waals surface area contributed by atoms with Gasteiger partial charge < -0.3 is 4.74 Å². The summed E-state index contributed by atoms with van der Waals surface area (Å²) in [6.45, 7) is 4.65. The number of halogens is 3. The lowest BCUT2D eigenvalue weighted by Gasteiger charge is -2.24. The number of hydrogen-bond acceptors (Lipinski definition) is 7. The number of nitrogens with zero attached hydrogens (tertiary/aromatic N) is 4. The molecule has 174 valence electrons. The number of pyridine rings is 1. The maximum absolute atomic E-state index is 13.1. The van der Waals surface area contributed by atoms with Crippen molar-refractivity contribution in [2.45, 2.75) is 43.9 Å². The Morgan fingerprint density at radius 3 is 2.48 bits per heavy atom. The smallest absolute Gasteiger partial charge is 0.416 e. The van der Waals surface area contributed by atoms with Crippen molar-refractivity contribution >= 4 is 20.6 Å². The lowest BCUT2D eigenvalue weighted by molar-refractivity contribution is -0.137. The summed E-state index contributed by atoms with van der Waals surface area (Å²) in [6, 6.07) is 5.75. The van der Waals surface area contributed by atoms with E-state index in [0.29, 0.717) is 10.7 Å². The van der Waals surface area contributed by atoms with Gasteiger partial charge in [0.2, 0.25) is 0 Å². The molecular weight excluding hydrogens is 461 g/mol. The summed E-state index contributed by atoms with van der Waals surface area (Å²) < 4.78 is 71.2. The molecule has 0 aliphatic rings. The van der Waals surface area contributed by atoms with E-state index in [1.54, 1.807) is 13.8 Å². The first-order valence-corrected chi connectivity index (χ1v) is 11.3. The molecule has 0 fully saturated rings. The monoisotopic (exact) mass is 480 g/mol. The first-order valence-electron chi connectivity index (χ1n) is 9.67. The zero-order chi connectivity index (χ0) is 24.6. The van der Waals surface area contributed by atoms with Crippen LogP contribution in [0.4, 0.5) is 13.2 Å². The highest BCUT2D eigenvalue weighted by atomic mass is 32.2. The topological polar surface area (TPSA) is 115 Å². The minimum absolute atomic E-state index is 0.0117. The SMILES string of the molecule is CCS(=O)(=O)c1cc(OC(C)(C)CC#N)cnc1-n1ncc2ccc(C(F)(F)F)cc2c1=O. The van der Waals surface area contributed by atoms with Crippen LogP contribution in [0.15, 0.2) is 46.3 Å². The molecule has 0 N–H and O–H groups in total. The Morgan fingerprint density at radius 1 is 1.18 bits per heavy atom. The third kappa shape index (κ3) is 4.98. The summed E-state index contributed by atoms with van der Waals surface area (Å²) in [5, 5.41) is 12.7. The Balaban J connectivity index is 2.24. The first-order chi connectivity index (χ1) is 15.3. The Morgan fingerprint density at radius 2 is 1.88 bits per heavy atom. The molecule has 0 saturated heterocycles. The Kier molecular flexibility index (Phi) is 6.21. The molecule has 1 aromatic carbocycles. The Labute approximate surface area is 187 Å². The van der Waals surface area contributed by atoms with E-state index in [2.05, 4.69) is 10.1 Å². The molecule has 33 heavy (non-hydrogen) atoms. The van der Waals surface area contributed by atoms with E-state index in [0.717, 1.165) is 30.6 Å². The highest BCUT2D eigenvalue weighted by Crippen LogP contribution is 2.31. The van der Waals surface area contributed by atoms with Crippen LogP contribution in [-0.2, 0) is 16.0 Å². The van der Waals surface area contributed by atoms with E-state index >= 15 is 0 Å². The number of fused-ring (bicyclic) bond motifs is 1. The third-order valence-electron chi connectivity index (χ3n) is 4.74.